The molecule has 0 radical (unpaired) electrons. The molecule has 0 saturated carbocycles. The summed E-state index contributed by atoms with van der Waals surface area (Å²) in [6.45, 7) is 10.5. The fourth-order valence-electron chi connectivity index (χ4n) is 2.99. The highest BCUT2D eigenvalue weighted by Crippen LogP contribution is 2.27. The zero-order valence-corrected chi connectivity index (χ0v) is 12.8. The molecule has 1 aliphatic rings. The average Bonchev–Trinajstić information content (AvgIpc) is 3.12. The van der Waals surface area contributed by atoms with Crippen LogP contribution in [-0.4, -0.2) is 33.0 Å². The van der Waals surface area contributed by atoms with Gasteiger partial charge in [-0.25, -0.2) is 9.50 Å². The fraction of sp³-hybridized carbons (Fsp3) is 0.353. The number of fused-ring (bicyclic) bond motifs is 1. The first-order valence-electron chi connectivity index (χ1n) is 7.51. The van der Waals surface area contributed by atoms with Crippen LogP contribution in [0.5, 0.6) is 0 Å². The van der Waals surface area contributed by atoms with Crippen LogP contribution in [-0.2, 0) is 4.79 Å². The van der Waals surface area contributed by atoms with Crippen molar-refractivity contribution in [2.45, 2.75) is 32.2 Å². The van der Waals surface area contributed by atoms with Crippen molar-refractivity contribution in [2.24, 2.45) is 0 Å². The minimum absolute atomic E-state index is 0.0896. The van der Waals surface area contributed by atoms with Crippen LogP contribution < -0.4 is 4.90 Å². The van der Waals surface area contributed by atoms with E-state index in [0.717, 1.165) is 42.0 Å². The van der Waals surface area contributed by atoms with Crippen LogP contribution in [0, 0.1) is 0 Å². The zero-order valence-electron chi connectivity index (χ0n) is 12.8. The van der Waals surface area contributed by atoms with Crippen molar-refractivity contribution in [1.82, 2.24) is 14.6 Å². The number of ketones is 1. The summed E-state index contributed by atoms with van der Waals surface area (Å²) in [4.78, 5) is 18.3. The molecule has 0 aliphatic carbocycles. The molecule has 1 saturated heterocycles. The predicted octanol–water partition coefficient (Wildman–Crippen LogP) is 2.88. The number of allylic oxidation sites excluding steroid dienone is 1. The van der Waals surface area contributed by atoms with Crippen LogP contribution in [0.2, 0.25) is 0 Å². The molecule has 5 heteroatoms. The van der Waals surface area contributed by atoms with Gasteiger partial charge in [-0.15, -0.1) is 6.58 Å². The lowest BCUT2D eigenvalue weighted by molar-refractivity contribution is -0.116. The van der Waals surface area contributed by atoms with E-state index < -0.39 is 0 Å². The molecule has 0 aromatic carbocycles. The lowest BCUT2D eigenvalue weighted by Gasteiger charge is -2.23. The smallest absolute Gasteiger partial charge is 0.164 e. The number of carbonyl (C=O) groups excluding carboxylic acids is 1. The fourth-order valence-corrected chi connectivity index (χ4v) is 2.99. The van der Waals surface area contributed by atoms with E-state index in [0.29, 0.717) is 12.5 Å². The van der Waals surface area contributed by atoms with E-state index in [2.05, 4.69) is 23.2 Å². The molecule has 22 heavy (non-hydrogen) atoms. The number of Topliss-reactive ketones (excluding diaryl/α,β-unsaturated/α-hetero) is 1. The molecule has 114 valence electrons. The van der Waals surface area contributed by atoms with Crippen LogP contribution in [0.3, 0.4) is 0 Å². The number of rotatable bonds is 5. The number of aromatic nitrogens is 3. The summed E-state index contributed by atoms with van der Waals surface area (Å²) in [6.07, 6.45) is 8.19. The monoisotopic (exact) mass is 296 g/mol. The van der Waals surface area contributed by atoms with Crippen LogP contribution in [0.4, 0.5) is 5.82 Å². The molecule has 0 N–H and O–H groups in total. The number of anilines is 1. The summed E-state index contributed by atoms with van der Waals surface area (Å²) >= 11 is 0. The Hall–Kier alpha value is -2.43. The van der Waals surface area contributed by atoms with Crippen molar-refractivity contribution in [3.05, 3.63) is 43.3 Å². The summed E-state index contributed by atoms with van der Waals surface area (Å²) in [5.74, 6) is 1.01. The van der Waals surface area contributed by atoms with Crippen LogP contribution in [0.15, 0.2) is 37.7 Å². The lowest BCUT2D eigenvalue weighted by atomic mass is 10.1. The Morgan fingerprint density at radius 2 is 2.36 bits per heavy atom. The molecule has 3 rings (SSSR count). The highest BCUT2D eigenvalue weighted by atomic mass is 16.1. The first-order chi connectivity index (χ1) is 10.6. The highest BCUT2D eigenvalue weighted by molar-refractivity contribution is 5.90. The highest BCUT2D eigenvalue weighted by Gasteiger charge is 2.23. The summed E-state index contributed by atoms with van der Waals surface area (Å²) < 4.78 is 1.73. The van der Waals surface area contributed by atoms with Gasteiger partial charge >= 0.3 is 0 Å². The van der Waals surface area contributed by atoms with E-state index in [1.54, 1.807) is 17.6 Å². The molecule has 2 aromatic rings. The quantitative estimate of drug-likeness (QED) is 0.796. The third kappa shape index (κ3) is 2.54. The van der Waals surface area contributed by atoms with Gasteiger partial charge in [-0.2, -0.15) is 5.10 Å². The van der Waals surface area contributed by atoms with Gasteiger partial charge in [0.05, 0.1) is 6.20 Å². The molecule has 1 fully saturated rings. The van der Waals surface area contributed by atoms with Gasteiger partial charge in [-0.05, 0) is 31.4 Å². The first-order valence-corrected chi connectivity index (χ1v) is 7.51. The van der Waals surface area contributed by atoms with Gasteiger partial charge in [-0.3, -0.25) is 4.79 Å². The summed E-state index contributed by atoms with van der Waals surface area (Å²) in [6, 6.07) is 2.31. The number of nitrogens with zero attached hydrogens (tertiary/aromatic N) is 4. The Morgan fingerprint density at radius 3 is 3.09 bits per heavy atom. The number of hydrogen-bond donors (Lipinski definition) is 0. The van der Waals surface area contributed by atoms with Crippen molar-refractivity contribution in [3.8, 4) is 0 Å². The van der Waals surface area contributed by atoms with Gasteiger partial charge in [0.1, 0.15) is 11.6 Å². The Balaban J connectivity index is 1.99. The minimum Gasteiger partial charge on any atom is -0.350 e. The van der Waals surface area contributed by atoms with Crippen molar-refractivity contribution in [3.63, 3.8) is 0 Å². The second-order valence-electron chi connectivity index (χ2n) is 5.73. The van der Waals surface area contributed by atoms with E-state index in [1.165, 1.54) is 0 Å². The van der Waals surface area contributed by atoms with Crippen molar-refractivity contribution < 1.29 is 4.79 Å². The second-order valence-corrected chi connectivity index (χ2v) is 5.73. The predicted molar refractivity (Wildman–Crippen MR) is 87.9 cm³/mol. The Labute approximate surface area is 130 Å². The second kappa shape index (κ2) is 5.75. The van der Waals surface area contributed by atoms with Gasteiger partial charge < -0.3 is 4.90 Å². The summed E-state index contributed by atoms with van der Waals surface area (Å²) in [5.41, 5.74) is 2.35. The Kier molecular flexibility index (Phi) is 3.79. The van der Waals surface area contributed by atoms with Gasteiger partial charge in [0.2, 0.25) is 0 Å². The van der Waals surface area contributed by atoms with Gasteiger partial charge in [0.15, 0.2) is 5.65 Å². The maximum Gasteiger partial charge on any atom is 0.164 e. The van der Waals surface area contributed by atoms with Crippen molar-refractivity contribution >= 4 is 22.8 Å². The molecule has 2 aromatic heterocycles. The van der Waals surface area contributed by atoms with Crippen LogP contribution in [0.1, 0.15) is 31.7 Å². The molecule has 5 nitrogen and oxygen atoms in total. The lowest BCUT2D eigenvalue weighted by Crippen LogP contribution is -2.28. The molecule has 0 unspecified atom stereocenters. The third-order valence-corrected chi connectivity index (χ3v) is 4.06. The molecular weight excluding hydrogens is 276 g/mol. The maximum absolute atomic E-state index is 11.3. The van der Waals surface area contributed by atoms with E-state index >= 15 is 0 Å². The number of carbonyl (C=O) groups is 1. The van der Waals surface area contributed by atoms with E-state index in [4.69, 9.17) is 4.98 Å². The van der Waals surface area contributed by atoms with Gasteiger partial charge in [0, 0.05) is 30.8 Å². The van der Waals surface area contributed by atoms with E-state index in [1.807, 2.05) is 18.3 Å². The SMILES string of the molecule is C=C[C@H]1CCCN1c1ccn2ncc(C(=C)CC(C)=O)c2n1. The summed E-state index contributed by atoms with van der Waals surface area (Å²) in [5, 5.41) is 4.30. The van der Waals surface area contributed by atoms with Crippen molar-refractivity contribution in [2.75, 3.05) is 11.4 Å². The molecule has 1 atom stereocenters. The van der Waals surface area contributed by atoms with Gasteiger partial charge in [-0.1, -0.05) is 12.7 Å². The van der Waals surface area contributed by atoms with Crippen LogP contribution >= 0.6 is 0 Å². The molecule has 0 spiro atoms. The van der Waals surface area contributed by atoms with Crippen molar-refractivity contribution in [1.29, 1.82) is 0 Å². The molecule has 0 bridgehead atoms. The molecule has 1 aliphatic heterocycles. The third-order valence-electron chi connectivity index (χ3n) is 4.06. The minimum atomic E-state index is 0.0896. The first kappa shape index (κ1) is 14.5. The standard InChI is InChI=1S/C17H20N4O/c1-4-14-6-5-8-20(14)16-7-9-21-17(19-16)15(11-18-21)12(2)10-13(3)22/h4,7,9,11,14H,1-2,5-6,8,10H2,3H3/t14-/m0/s1. The van der Waals surface area contributed by atoms with E-state index in [9.17, 15) is 4.79 Å². The maximum atomic E-state index is 11.3. The number of hydrogen-bond acceptors (Lipinski definition) is 4. The van der Waals surface area contributed by atoms with E-state index in [-0.39, 0.29) is 5.78 Å². The zero-order chi connectivity index (χ0) is 15.7. The molecule has 3 heterocycles. The Morgan fingerprint density at radius 1 is 1.55 bits per heavy atom. The topological polar surface area (TPSA) is 50.5 Å². The average molecular weight is 296 g/mol. The summed E-state index contributed by atoms with van der Waals surface area (Å²) in [7, 11) is 0. The molecule has 0 amide bonds. The normalized spacial score (nSPS) is 17.9. The Bertz CT molecular complexity index is 746. The van der Waals surface area contributed by atoms with Crippen LogP contribution in [0.25, 0.3) is 11.2 Å². The van der Waals surface area contributed by atoms with Gasteiger partial charge in [0.25, 0.3) is 0 Å². The largest absolute Gasteiger partial charge is 0.350 e. The molecular formula is C17H20N4O.